The van der Waals surface area contributed by atoms with Gasteiger partial charge in [0.15, 0.2) is 0 Å². The Bertz CT molecular complexity index is 670. The second kappa shape index (κ2) is 6.79. The van der Waals surface area contributed by atoms with Crippen molar-refractivity contribution in [3.8, 4) is 5.75 Å². The fourth-order valence-corrected chi connectivity index (χ4v) is 3.77. The van der Waals surface area contributed by atoms with Crippen LogP contribution in [0.2, 0.25) is 0 Å². The van der Waals surface area contributed by atoms with Crippen LogP contribution < -0.4 is 13.3 Å². The molecule has 0 spiro atoms. The van der Waals surface area contributed by atoms with Gasteiger partial charge in [-0.3, -0.25) is 8.61 Å². The number of hydrogen-bond donors (Lipinski definition) is 0. The smallest absolute Gasteiger partial charge is 0.146 e. The first-order valence-electron chi connectivity index (χ1n) is 6.99. The summed E-state index contributed by atoms with van der Waals surface area (Å²) < 4.78 is 23.1. The van der Waals surface area contributed by atoms with Gasteiger partial charge in [0, 0.05) is 17.9 Å². The van der Waals surface area contributed by atoms with Crippen LogP contribution >= 0.6 is 28.1 Å². The van der Waals surface area contributed by atoms with E-state index in [1.54, 1.807) is 25.3 Å². The molecule has 0 radical (unpaired) electrons. The van der Waals surface area contributed by atoms with Gasteiger partial charge >= 0.3 is 0 Å². The van der Waals surface area contributed by atoms with Crippen LogP contribution in [0.25, 0.3) is 0 Å². The van der Waals surface area contributed by atoms with Gasteiger partial charge in [-0.15, -0.1) is 0 Å². The SMILES string of the molecule is COc1cc(F)ccc1N1SN(CCCBr)c2ccccc21. The molecule has 3 nitrogen and oxygen atoms in total. The number of alkyl halides is 1. The van der Waals surface area contributed by atoms with E-state index >= 15 is 0 Å². The van der Waals surface area contributed by atoms with Gasteiger partial charge in [-0.1, -0.05) is 28.1 Å². The Morgan fingerprint density at radius 2 is 1.91 bits per heavy atom. The highest BCUT2D eigenvalue weighted by atomic mass is 79.9. The van der Waals surface area contributed by atoms with Gasteiger partial charge in [0.05, 0.1) is 36.3 Å². The summed E-state index contributed by atoms with van der Waals surface area (Å²) in [5, 5.41) is 0.964. The standard InChI is InChI=1S/C16H16BrFN2OS/c1-21-16-11-12(18)7-8-15(16)20-14-6-3-2-5-13(14)19(22-20)10-4-9-17/h2-3,5-8,11H,4,9-10H2,1H3. The molecule has 1 heterocycles. The van der Waals surface area contributed by atoms with Crippen LogP contribution in [0, 0.1) is 5.82 Å². The van der Waals surface area contributed by atoms with E-state index in [0.29, 0.717) is 5.75 Å². The van der Waals surface area contributed by atoms with Crippen molar-refractivity contribution in [3.63, 3.8) is 0 Å². The lowest BCUT2D eigenvalue weighted by Crippen LogP contribution is -2.15. The topological polar surface area (TPSA) is 15.7 Å². The van der Waals surface area contributed by atoms with Crippen LogP contribution in [-0.2, 0) is 0 Å². The van der Waals surface area contributed by atoms with Crippen molar-refractivity contribution in [3.05, 3.63) is 48.3 Å². The number of rotatable bonds is 5. The zero-order valence-electron chi connectivity index (χ0n) is 12.1. The fraction of sp³-hybridized carbons (Fsp3) is 0.250. The molecule has 0 aliphatic carbocycles. The molecule has 6 heteroatoms. The molecule has 0 bridgehead atoms. The molecule has 0 saturated carbocycles. The van der Waals surface area contributed by atoms with E-state index in [1.807, 2.05) is 12.1 Å². The number of benzene rings is 2. The normalized spacial score (nSPS) is 13.4. The summed E-state index contributed by atoms with van der Waals surface area (Å²) in [5.74, 6) is 0.235. The maximum absolute atomic E-state index is 13.4. The molecule has 2 aromatic rings. The van der Waals surface area contributed by atoms with Gasteiger partial charge in [-0.05, 0) is 30.7 Å². The molecule has 0 atom stereocenters. The lowest BCUT2D eigenvalue weighted by Gasteiger charge is -2.21. The Labute approximate surface area is 142 Å². The Hall–Kier alpha value is -1.40. The molecule has 0 saturated heterocycles. The second-order valence-electron chi connectivity index (χ2n) is 4.83. The fourth-order valence-electron chi connectivity index (χ4n) is 2.39. The third-order valence-corrected chi connectivity index (χ3v) is 5.10. The minimum absolute atomic E-state index is 0.297. The number of nitrogens with zero attached hydrogens (tertiary/aromatic N) is 2. The van der Waals surface area contributed by atoms with Gasteiger partial charge in [0.1, 0.15) is 11.6 Å². The molecule has 22 heavy (non-hydrogen) atoms. The van der Waals surface area contributed by atoms with Crippen molar-refractivity contribution in [2.24, 2.45) is 0 Å². The van der Waals surface area contributed by atoms with Crippen molar-refractivity contribution < 1.29 is 9.13 Å². The molecule has 1 aliphatic heterocycles. The summed E-state index contributed by atoms with van der Waals surface area (Å²) in [6, 6.07) is 12.8. The minimum Gasteiger partial charge on any atom is -0.494 e. The molecular weight excluding hydrogens is 367 g/mol. The molecule has 0 amide bonds. The van der Waals surface area contributed by atoms with Gasteiger partial charge in [0.2, 0.25) is 0 Å². The van der Waals surface area contributed by atoms with Gasteiger partial charge in [-0.25, -0.2) is 4.39 Å². The Kier molecular flexibility index (Phi) is 4.78. The predicted octanol–water partition coefficient (Wildman–Crippen LogP) is 5.14. The maximum Gasteiger partial charge on any atom is 0.146 e. The summed E-state index contributed by atoms with van der Waals surface area (Å²) in [7, 11) is 1.56. The van der Waals surface area contributed by atoms with E-state index in [9.17, 15) is 4.39 Å². The van der Waals surface area contributed by atoms with Gasteiger partial charge in [-0.2, -0.15) is 0 Å². The number of halogens is 2. The molecule has 1 aliphatic rings. The molecule has 0 N–H and O–H groups in total. The quantitative estimate of drug-likeness (QED) is 0.525. The number of ether oxygens (including phenoxy) is 1. The molecular formula is C16H16BrFN2OS. The third-order valence-electron chi connectivity index (χ3n) is 3.40. The van der Waals surface area contributed by atoms with Crippen LogP contribution in [0.5, 0.6) is 5.75 Å². The van der Waals surface area contributed by atoms with Crippen LogP contribution in [-0.4, -0.2) is 19.0 Å². The van der Waals surface area contributed by atoms with Gasteiger partial charge < -0.3 is 4.74 Å². The Morgan fingerprint density at radius 1 is 1.14 bits per heavy atom. The average molecular weight is 383 g/mol. The summed E-state index contributed by atoms with van der Waals surface area (Å²) in [4.78, 5) is 0. The van der Waals surface area contributed by atoms with Crippen LogP contribution in [0.1, 0.15) is 6.42 Å². The number of para-hydroxylation sites is 2. The molecule has 0 unspecified atom stereocenters. The zero-order valence-corrected chi connectivity index (χ0v) is 14.5. The monoisotopic (exact) mass is 382 g/mol. The zero-order chi connectivity index (χ0) is 15.5. The van der Waals surface area contributed by atoms with Crippen molar-refractivity contribution in [1.82, 2.24) is 0 Å². The highest BCUT2D eigenvalue weighted by Gasteiger charge is 2.29. The van der Waals surface area contributed by atoms with E-state index < -0.39 is 0 Å². The summed E-state index contributed by atoms with van der Waals surface area (Å²) >= 11 is 5.09. The Balaban J connectivity index is 1.99. The summed E-state index contributed by atoms with van der Waals surface area (Å²) in [6.07, 6.45) is 1.05. The van der Waals surface area contributed by atoms with Crippen LogP contribution in [0.4, 0.5) is 21.5 Å². The summed E-state index contributed by atoms with van der Waals surface area (Å²) in [6.45, 7) is 0.937. The Morgan fingerprint density at radius 3 is 2.64 bits per heavy atom. The van der Waals surface area contributed by atoms with Crippen molar-refractivity contribution in [1.29, 1.82) is 0 Å². The molecule has 0 aromatic heterocycles. The second-order valence-corrected chi connectivity index (χ2v) is 6.59. The van der Waals surface area contributed by atoms with Gasteiger partial charge in [0.25, 0.3) is 0 Å². The highest BCUT2D eigenvalue weighted by molar-refractivity contribution is 9.09. The van der Waals surface area contributed by atoms with Crippen molar-refractivity contribution in [2.75, 3.05) is 27.6 Å². The molecule has 0 fully saturated rings. The van der Waals surface area contributed by atoms with E-state index in [4.69, 9.17) is 4.74 Å². The van der Waals surface area contributed by atoms with E-state index in [1.165, 1.54) is 17.8 Å². The number of hydrogen-bond acceptors (Lipinski definition) is 4. The molecule has 3 rings (SSSR count). The van der Waals surface area contributed by atoms with Crippen molar-refractivity contribution >= 4 is 45.1 Å². The predicted molar refractivity (Wildman–Crippen MR) is 94.9 cm³/mol. The molecule has 2 aromatic carbocycles. The minimum atomic E-state index is -0.297. The lowest BCUT2D eigenvalue weighted by molar-refractivity contribution is 0.413. The van der Waals surface area contributed by atoms with E-state index in [2.05, 4.69) is 36.7 Å². The first-order valence-corrected chi connectivity index (χ1v) is 8.84. The third kappa shape index (κ3) is 2.90. The van der Waals surface area contributed by atoms with Crippen molar-refractivity contribution in [2.45, 2.75) is 6.42 Å². The highest BCUT2D eigenvalue weighted by Crippen LogP contribution is 2.51. The van der Waals surface area contributed by atoms with Crippen LogP contribution in [0.3, 0.4) is 0 Å². The first kappa shape index (κ1) is 15.5. The summed E-state index contributed by atoms with van der Waals surface area (Å²) in [5.41, 5.74) is 3.11. The number of methoxy groups -OCH3 is 1. The molecule has 116 valence electrons. The van der Waals surface area contributed by atoms with E-state index in [-0.39, 0.29) is 5.82 Å². The number of fused-ring (bicyclic) bond motifs is 1. The maximum atomic E-state index is 13.4. The number of anilines is 3. The first-order chi connectivity index (χ1) is 10.7. The van der Waals surface area contributed by atoms with E-state index in [0.717, 1.165) is 29.7 Å². The average Bonchev–Trinajstić information content (AvgIpc) is 2.91. The van der Waals surface area contributed by atoms with Crippen LogP contribution in [0.15, 0.2) is 42.5 Å². The largest absolute Gasteiger partial charge is 0.494 e. The lowest BCUT2D eigenvalue weighted by atomic mass is 10.2.